The van der Waals surface area contributed by atoms with Crippen LogP contribution in [0.5, 0.6) is 5.75 Å². The van der Waals surface area contributed by atoms with Crippen LogP contribution in [0.2, 0.25) is 0 Å². The van der Waals surface area contributed by atoms with E-state index in [9.17, 15) is 5.26 Å². The zero-order valence-electron chi connectivity index (χ0n) is 20.8. The predicted molar refractivity (Wildman–Crippen MR) is 142 cm³/mol. The molecule has 0 bridgehead atoms. The van der Waals surface area contributed by atoms with E-state index in [-0.39, 0.29) is 5.70 Å². The third-order valence-electron chi connectivity index (χ3n) is 5.96. The van der Waals surface area contributed by atoms with Crippen LogP contribution in [0.1, 0.15) is 69.4 Å². The lowest BCUT2D eigenvalue weighted by atomic mass is 10.1. The summed E-state index contributed by atoms with van der Waals surface area (Å²) in [5.41, 5.74) is 4.47. The Morgan fingerprint density at radius 2 is 1.66 bits per heavy atom. The molecule has 0 aliphatic carbocycles. The Hall–Kier alpha value is -3.83. The highest BCUT2D eigenvalue weighted by molar-refractivity contribution is 5.75. The number of nitriles is 1. The molecule has 5 nitrogen and oxygen atoms in total. The maximum atomic E-state index is 9.25. The van der Waals surface area contributed by atoms with E-state index in [1.165, 1.54) is 50.5 Å². The first-order chi connectivity index (χ1) is 17.1. The molecule has 0 N–H and O–H groups in total. The average Bonchev–Trinajstić information content (AvgIpc) is 3.30. The van der Waals surface area contributed by atoms with Gasteiger partial charge in [0.1, 0.15) is 5.75 Å². The standard InChI is InChI=1S/C30H34N4O/c1-4-5-6-7-8-9-10-11-20-35-29-18-14-25(15-19-29)30-26(21-27(22-31)32-3)23-34(33-30)28-16-12-24(2)13-17-28/h12-19,21,23H,4-11,20H2,1-2H3/b27-21+. The first-order valence-corrected chi connectivity index (χ1v) is 12.5. The highest BCUT2D eigenvalue weighted by Gasteiger charge is 2.12. The van der Waals surface area contributed by atoms with Crippen LogP contribution in [0.4, 0.5) is 0 Å². The lowest BCUT2D eigenvalue weighted by Gasteiger charge is -2.07. The first-order valence-electron chi connectivity index (χ1n) is 12.5. The van der Waals surface area contributed by atoms with Gasteiger partial charge in [0.25, 0.3) is 5.70 Å². The number of hydrogen-bond acceptors (Lipinski definition) is 3. The first kappa shape index (κ1) is 25.8. The van der Waals surface area contributed by atoms with E-state index in [1.807, 2.05) is 67.7 Å². The summed E-state index contributed by atoms with van der Waals surface area (Å²) in [6, 6.07) is 17.9. The van der Waals surface area contributed by atoms with Crippen molar-refractivity contribution in [1.29, 1.82) is 5.26 Å². The molecular weight excluding hydrogens is 432 g/mol. The minimum atomic E-state index is 0.0278. The third-order valence-corrected chi connectivity index (χ3v) is 5.96. The highest BCUT2D eigenvalue weighted by atomic mass is 16.5. The van der Waals surface area contributed by atoms with Gasteiger partial charge in [-0.15, -0.1) is 0 Å². The number of allylic oxidation sites excluding steroid dienone is 1. The van der Waals surface area contributed by atoms with Crippen LogP contribution < -0.4 is 4.74 Å². The molecule has 1 heterocycles. The molecule has 180 valence electrons. The van der Waals surface area contributed by atoms with Gasteiger partial charge in [-0.05, 0) is 55.8 Å². The van der Waals surface area contributed by atoms with Crippen molar-refractivity contribution >= 4 is 6.08 Å². The van der Waals surface area contributed by atoms with Crippen LogP contribution in [-0.2, 0) is 0 Å². The molecular formula is C30H34N4O. The predicted octanol–water partition coefficient (Wildman–Crippen LogP) is 8.15. The maximum Gasteiger partial charge on any atom is 0.262 e. The summed E-state index contributed by atoms with van der Waals surface area (Å²) in [6.07, 6.45) is 13.7. The molecule has 0 saturated carbocycles. The smallest absolute Gasteiger partial charge is 0.262 e. The molecule has 0 spiro atoms. The minimum Gasteiger partial charge on any atom is -0.494 e. The Morgan fingerprint density at radius 3 is 2.29 bits per heavy atom. The molecule has 0 aliphatic heterocycles. The fourth-order valence-electron chi connectivity index (χ4n) is 3.92. The largest absolute Gasteiger partial charge is 0.494 e. The normalized spacial score (nSPS) is 11.1. The van der Waals surface area contributed by atoms with E-state index >= 15 is 0 Å². The molecule has 0 atom stereocenters. The number of aryl methyl sites for hydroxylation is 1. The van der Waals surface area contributed by atoms with E-state index in [2.05, 4.69) is 11.8 Å². The molecule has 5 heteroatoms. The summed E-state index contributed by atoms with van der Waals surface area (Å²) in [6.45, 7) is 12.3. The van der Waals surface area contributed by atoms with Gasteiger partial charge in [0.15, 0.2) is 0 Å². The van der Waals surface area contributed by atoms with Gasteiger partial charge in [-0.2, -0.15) is 5.10 Å². The van der Waals surface area contributed by atoms with Crippen LogP contribution in [0.25, 0.3) is 27.9 Å². The fraction of sp³-hybridized carbons (Fsp3) is 0.367. The van der Waals surface area contributed by atoms with Crippen LogP contribution in [0.15, 0.2) is 60.4 Å². The minimum absolute atomic E-state index is 0.0278. The van der Waals surface area contributed by atoms with Crippen molar-refractivity contribution in [3.05, 3.63) is 83.0 Å². The quantitative estimate of drug-likeness (QED) is 0.145. The van der Waals surface area contributed by atoms with Crippen molar-refractivity contribution in [3.63, 3.8) is 0 Å². The zero-order chi connectivity index (χ0) is 24.9. The van der Waals surface area contributed by atoms with Gasteiger partial charge in [0.05, 0.1) is 30.6 Å². The van der Waals surface area contributed by atoms with Gasteiger partial charge >= 0.3 is 0 Å². The molecule has 1 aromatic heterocycles. The summed E-state index contributed by atoms with van der Waals surface area (Å²) in [7, 11) is 0. The lowest BCUT2D eigenvalue weighted by Crippen LogP contribution is -1.97. The monoisotopic (exact) mass is 466 g/mol. The number of rotatable bonds is 13. The average molecular weight is 467 g/mol. The lowest BCUT2D eigenvalue weighted by molar-refractivity contribution is 0.304. The van der Waals surface area contributed by atoms with Crippen molar-refractivity contribution < 1.29 is 4.74 Å². The SMILES string of the molecule is [C-]#[N+]/C(C#N)=C/c1cn(-c2ccc(C)cc2)nc1-c1ccc(OCCCCCCCCCC)cc1. The van der Waals surface area contributed by atoms with Gasteiger partial charge in [-0.3, -0.25) is 0 Å². The molecule has 3 rings (SSSR count). The number of nitrogens with zero attached hydrogens (tertiary/aromatic N) is 4. The number of aromatic nitrogens is 2. The van der Waals surface area contributed by atoms with Crippen molar-refractivity contribution in [2.45, 2.75) is 65.2 Å². The number of unbranched alkanes of at least 4 members (excludes halogenated alkanes) is 7. The summed E-state index contributed by atoms with van der Waals surface area (Å²) in [5.74, 6) is 0.839. The molecule has 0 unspecified atom stereocenters. The molecule has 0 fully saturated rings. The Labute approximate surface area is 209 Å². The zero-order valence-corrected chi connectivity index (χ0v) is 20.8. The van der Waals surface area contributed by atoms with Crippen molar-refractivity contribution in [2.24, 2.45) is 0 Å². The van der Waals surface area contributed by atoms with E-state index in [0.717, 1.165) is 41.3 Å². The third kappa shape index (κ3) is 7.87. The van der Waals surface area contributed by atoms with E-state index in [1.54, 1.807) is 10.8 Å². The van der Waals surface area contributed by atoms with Gasteiger partial charge in [0, 0.05) is 17.3 Å². The van der Waals surface area contributed by atoms with Gasteiger partial charge in [0.2, 0.25) is 0 Å². The van der Waals surface area contributed by atoms with E-state index in [0.29, 0.717) is 0 Å². The van der Waals surface area contributed by atoms with Crippen LogP contribution in [-0.4, -0.2) is 16.4 Å². The van der Waals surface area contributed by atoms with Crippen LogP contribution in [0, 0.1) is 24.8 Å². The number of ether oxygens (including phenoxy) is 1. The second-order valence-corrected chi connectivity index (χ2v) is 8.81. The molecule has 0 amide bonds. The molecule has 3 aromatic rings. The summed E-state index contributed by atoms with van der Waals surface area (Å²) >= 11 is 0. The van der Waals surface area contributed by atoms with Crippen LogP contribution in [0.3, 0.4) is 0 Å². The molecule has 0 saturated heterocycles. The van der Waals surface area contributed by atoms with E-state index in [4.69, 9.17) is 16.4 Å². The van der Waals surface area contributed by atoms with Crippen LogP contribution >= 0.6 is 0 Å². The summed E-state index contributed by atoms with van der Waals surface area (Å²) in [5, 5.41) is 14.0. The molecule has 0 aliphatic rings. The molecule has 2 aromatic carbocycles. The fourth-order valence-corrected chi connectivity index (χ4v) is 3.92. The Balaban J connectivity index is 1.66. The Morgan fingerprint density at radius 1 is 1.00 bits per heavy atom. The van der Waals surface area contributed by atoms with Crippen molar-refractivity contribution in [3.8, 4) is 28.8 Å². The summed E-state index contributed by atoms with van der Waals surface area (Å²) < 4.78 is 7.72. The topological polar surface area (TPSA) is 55.2 Å². The van der Waals surface area contributed by atoms with Gasteiger partial charge < -0.3 is 4.74 Å². The number of benzene rings is 2. The second kappa shape index (κ2) is 13.8. The highest BCUT2D eigenvalue weighted by Crippen LogP contribution is 2.28. The second-order valence-electron chi connectivity index (χ2n) is 8.81. The molecule has 0 radical (unpaired) electrons. The Bertz CT molecular complexity index is 1160. The number of hydrogen-bond donors (Lipinski definition) is 0. The Kier molecular flexibility index (Phi) is 10.1. The maximum absolute atomic E-state index is 9.25. The molecule has 35 heavy (non-hydrogen) atoms. The van der Waals surface area contributed by atoms with Crippen molar-refractivity contribution in [2.75, 3.05) is 6.61 Å². The van der Waals surface area contributed by atoms with E-state index < -0.39 is 0 Å². The van der Waals surface area contributed by atoms with Gasteiger partial charge in [-0.1, -0.05) is 69.6 Å². The summed E-state index contributed by atoms with van der Waals surface area (Å²) in [4.78, 5) is 3.31. The van der Waals surface area contributed by atoms with Gasteiger partial charge in [-0.25, -0.2) is 14.8 Å². The van der Waals surface area contributed by atoms with Crippen molar-refractivity contribution in [1.82, 2.24) is 9.78 Å².